The third-order valence-electron chi connectivity index (χ3n) is 2.70. The molecule has 0 fully saturated rings. The van der Waals surface area contributed by atoms with Crippen molar-refractivity contribution in [2.24, 2.45) is 0 Å². The van der Waals surface area contributed by atoms with Crippen LogP contribution < -0.4 is 0 Å². The molecular formula is C16H16S. The van der Waals surface area contributed by atoms with Crippen LogP contribution in [-0.2, 0) is 0 Å². The van der Waals surface area contributed by atoms with E-state index >= 15 is 0 Å². The highest BCUT2D eigenvalue weighted by atomic mass is 32.1. The molecule has 0 aromatic heterocycles. The highest BCUT2D eigenvalue weighted by Crippen LogP contribution is 2.24. The Morgan fingerprint density at radius 1 is 0.882 bits per heavy atom. The molecule has 86 valence electrons. The van der Waals surface area contributed by atoms with Crippen LogP contribution in [0.4, 0.5) is 0 Å². The molecule has 0 saturated heterocycles. The zero-order valence-electron chi connectivity index (χ0n) is 9.88. The molecule has 17 heavy (non-hydrogen) atoms. The SMILES string of the molecule is CC(S)c1ccccc1/C=C/c1ccccc1. The van der Waals surface area contributed by atoms with Crippen LogP contribution in [0, 0.1) is 0 Å². The number of hydrogen-bond acceptors (Lipinski definition) is 1. The third kappa shape index (κ3) is 3.24. The van der Waals surface area contributed by atoms with Gasteiger partial charge in [0, 0.05) is 5.25 Å². The van der Waals surface area contributed by atoms with E-state index in [1.807, 2.05) is 18.2 Å². The summed E-state index contributed by atoms with van der Waals surface area (Å²) < 4.78 is 0. The van der Waals surface area contributed by atoms with Gasteiger partial charge in [-0.3, -0.25) is 0 Å². The topological polar surface area (TPSA) is 0 Å². The van der Waals surface area contributed by atoms with Gasteiger partial charge in [-0.25, -0.2) is 0 Å². The molecular weight excluding hydrogens is 224 g/mol. The van der Waals surface area contributed by atoms with E-state index in [1.54, 1.807) is 0 Å². The summed E-state index contributed by atoms with van der Waals surface area (Å²) in [5, 5.41) is 0.256. The first-order valence-corrected chi connectivity index (χ1v) is 6.29. The fraction of sp³-hybridized carbons (Fsp3) is 0.125. The number of rotatable bonds is 3. The minimum Gasteiger partial charge on any atom is -0.171 e. The summed E-state index contributed by atoms with van der Waals surface area (Å²) in [5.74, 6) is 0. The Morgan fingerprint density at radius 2 is 1.53 bits per heavy atom. The number of hydrogen-bond donors (Lipinski definition) is 1. The van der Waals surface area contributed by atoms with Gasteiger partial charge in [-0.2, -0.15) is 12.6 Å². The molecule has 0 radical (unpaired) electrons. The Balaban J connectivity index is 2.27. The largest absolute Gasteiger partial charge is 0.171 e. The molecule has 0 aliphatic rings. The van der Waals surface area contributed by atoms with E-state index in [1.165, 1.54) is 16.7 Å². The van der Waals surface area contributed by atoms with Crippen LogP contribution in [0.5, 0.6) is 0 Å². The van der Waals surface area contributed by atoms with Crippen molar-refractivity contribution in [1.82, 2.24) is 0 Å². The molecule has 0 bridgehead atoms. The van der Waals surface area contributed by atoms with Crippen molar-refractivity contribution in [2.45, 2.75) is 12.2 Å². The molecule has 0 aliphatic heterocycles. The van der Waals surface area contributed by atoms with Gasteiger partial charge >= 0.3 is 0 Å². The van der Waals surface area contributed by atoms with Gasteiger partial charge in [-0.05, 0) is 23.6 Å². The molecule has 0 amide bonds. The van der Waals surface area contributed by atoms with Crippen molar-refractivity contribution in [3.05, 3.63) is 71.3 Å². The van der Waals surface area contributed by atoms with Crippen molar-refractivity contribution in [3.63, 3.8) is 0 Å². The van der Waals surface area contributed by atoms with Crippen LogP contribution in [-0.4, -0.2) is 0 Å². The van der Waals surface area contributed by atoms with E-state index in [2.05, 4.69) is 68.1 Å². The van der Waals surface area contributed by atoms with Crippen molar-refractivity contribution >= 4 is 24.8 Å². The second-order valence-electron chi connectivity index (χ2n) is 4.05. The van der Waals surface area contributed by atoms with Gasteiger partial charge in [0.05, 0.1) is 0 Å². The van der Waals surface area contributed by atoms with E-state index in [9.17, 15) is 0 Å². The first-order valence-electron chi connectivity index (χ1n) is 5.77. The van der Waals surface area contributed by atoms with Crippen LogP contribution in [0.2, 0.25) is 0 Å². The third-order valence-corrected chi connectivity index (χ3v) is 2.98. The zero-order valence-corrected chi connectivity index (χ0v) is 10.8. The predicted octanol–water partition coefficient (Wildman–Crippen LogP) is 4.85. The monoisotopic (exact) mass is 240 g/mol. The molecule has 0 saturated carbocycles. The minimum absolute atomic E-state index is 0.256. The summed E-state index contributed by atoms with van der Waals surface area (Å²) in [5.41, 5.74) is 3.72. The summed E-state index contributed by atoms with van der Waals surface area (Å²) in [7, 11) is 0. The summed E-state index contributed by atoms with van der Waals surface area (Å²) >= 11 is 4.50. The molecule has 0 nitrogen and oxygen atoms in total. The standard InChI is InChI=1S/C16H16S/c1-13(17)16-10-6-5-9-15(16)12-11-14-7-3-2-4-8-14/h2-13,17H,1H3/b12-11+. The number of benzene rings is 2. The fourth-order valence-corrected chi connectivity index (χ4v) is 2.03. The predicted molar refractivity (Wildman–Crippen MR) is 79.2 cm³/mol. The van der Waals surface area contributed by atoms with Crippen molar-refractivity contribution in [1.29, 1.82) is 0 Å². The maximum Gasteiger partial charge on any atom is 0.0244 e. The number of thiol groups is 1. The van der Waals surface area contributed by atoms with Crippen LogP contribution in [0.3, 0.4) is 0 Å². The van der Waals surface area contributed by atoms with Crippen molar-refractivity contribution in [3.8, 4) is 0 Å². The van der Waals surface area contributed by atoms with Crippen LogP contribution >= 0.6 is 12.6 Å². The smallest absolute Gasteiger partial charge is 0.0244 e. The Hall–Kier alpha value is -1.47. The van der Waals surface area contributed by atoms with E-state index in [0.29, 0.717) is 0 Å². The minimum atomic E-state index is 0.256. The Bertz CT molecular complexity index is 498. The van der Waals surface area contributed by atoms with E-state index in [4.69, 9.17) is 0 Å². The summed E-state index contributed by atoms with van der Waals surface area (Å²) in [6, 6.07) is 18.7. The van der Waals surface area contributed by atoms with E-state index in [0.717, 1.165) is 0 Å². The van der Waals surface area contributed by atoms with Crippen LogP contribution in [0.25, 0.3) is 12.2 Å². The van der Waals surface area contributed by atoms with Crippen LogP contribution in [0.15, 0.2) is 54.6 Å². The highest BCUT2D eigenvalue weighted by molar-refractivity contribution is 7.80. The van der Waals surface area contributed by atoms with Gasteiger partial charge in [0.15, 0.2) is 0 Å². The average Bonchev–Trinajstić information content (AvgIpc) is 2.38. The molecule has 1 atom stereocenters. The maximum atomic E-state index is 4.50. The summed E-state index contributed by atoms with van der Waals surface area (Å²) in [6.45, 7) is 2.10. The summed E-state index contributed by atoms with van der Waals surface area (Å²) in [6.07, 6.45) is 4.28. The van der Waals surface area contributed by atoms with Crippen LogP contribution in [0.1, 0.15) is 28.9 Å². The van der Waals surface area contributed by atoms with Gasteiger partial charge in [0.1, 0.15) is 0 Å². The molecule has 0 aliphatic carbocycles. The second-order valence-corrected chi connectivity index (χ2v) is 4.82. The lowest BCUT2D eigenvalue weighted by atomic mass is 10.0. The van der Waals surface area contributed by atoms with Gasteiger partial charge < -0.3 is 0 Å². The Kier molecular flexibility index (Phi) is 4.05. The van der Waals surface area contributed by atoms with Gasteiger partial charge in [-0.1, -0.05) is 66.7 Å². The lowest BCUT2D eigenvalue weighted by molar-refractivity contribution is 1.11. The quantitative estimate of drug-likeness (QED) is 0.575. The first kappa shape index (κ1) is 12.0. The summed E-state index contributed by atoms with van der Waals surface area (Å²) in [4.78, 5) is 0. The molecule has 0 spiro atoms. The second kappa shape index (κ2) is 5.74. The van der Waals surface area contributed by atoms with Gasteiger partial charge in [0.2, 0.25) is 0 Å². The normalized spacial score (nSPS) is 12.8. The molecule has 0 N–H and O–H groups in total. The highest BCUT2D eigenvalue weighted by Gasteiger charge is 2.02. The fourth-order valence-electron chi connectivity index (χ4n) is 1.79. The molecule has 1 unspecified atom stereocenters. The maximum absolute atomic E-state index is 4.50. The Morgan fingerprint density at radius 3 is 2.24 bits per heavy atom. The van der Waals surface area contributed by atoms with E-state index in [-0.39, 0.29) is 5.25 Å². The molecule has 2 rings (SSSR count). The molecule has 0 heterocycles. The van der Waals surface area contributed by atoms with Gasteiger partial charge in [-0.15, -0.1) is 0 Å². The first-order chi connectivity index (χ1) is 8.27. The average molecular weight is 240 g/mol. The molecule has 2 aromatic carbocycles. The Labute approximate surface area is 108 Å². The van der Waals surface area contributed by atoms with Crippen molar-refractivity contribution in [2.75, 3.05) is 0 Å². The van der Waals surface area contributed by atoms with Gasteiger partial charge in [0.25, 0.3) is 0 Å². The van der Waals surface area contributed by atoms with Crippen molar-refractivity contribution < 1.29 is 0 Å². The zero-order chi connectivity index (χ0) is 12.1. The molecule has 2 aromatic rings. The lowest BCUT2D eigenvalue weighted by Gasteiger charge is -2.08. The van der Waals surface area contributed by atoms with E-state index < -0.39 is 0 Å². The lowest BCUT2D eigenvalue weighted by Crippen LogP contribution is -1.88. The molecule has 1 heteroatoms.